The minimum absolute atomic E-state index is 0.893. The minimum atomic E-state index is 0.893. The van der Waals surface area contributed by atoms with Gasteiger partial charge >= 0.3 is 0 Å². The van der Waals surface area contributed by atoms with Crippen LogP contribution < -0.4 is 0 Å². The van der Waals surface area contributed by atoms with Gasteiger partial charge in [-0.15, -0.1) is 0 Å². The topological polar surface area (TPSA) is 23.0 Å². The summed E-state index contributed by atoms with van der Waals surface area (Å²) < 4.78 is 11.4. The monoisotopic (exact) mass is 700 g/mol. The first kappa shape index (κ1) is 30.1. The molecule has 3 heteroatoms. The molecule has 0 amide bonds. The zero-order chi connectivity index (χ0) is 36.0. The SMILES string of the molecule is c1ccc(-n2c3ccccc3c3cc(-c4ccc5c(c4)oc4cc(-c6ccc7c(c6)c6ccccc6n7-c6cccc7ccccc67)ccc45)ccc32)cc1. The van der Waals surface area contributed by atoms with E-state index in [2.05, 4.69) is 203 Å². The van der Waals surface area contributed by atoms with E-state index in [1.807, 2.05) is 0 Å². The van der Waals surface area contributed by atoms with Crippen molar-refractivity contribution in [2.45, 2.75) is 0 Å². The maximum Gasteiger partial charge on any atom is 0.136 e. The second-order valence-electron chi connectivity index (χ2n) is 14.5. The first-order chi connectivity index (χ1) is 27.3. The third kappa shape index (κ3) is 4.50. The van der Waals surface area contributed by atoms with Crippen LogP contribution in [0.2, 0.25) is 0 Å². The van der Waals surface area contributed by atoms with E-state index in [0.29, 0.717) is 0 Å². The zero-order valence-electron chi connectivity index (χ0n) is 29.8. The van der Waals surface area contributed by atoms with Crippen LogP contribution in [0.1, 0.15) is 0 Å². The molecule has 0 aliphatic heterocycles. The molecule has 0 fully saturated rings. The molecule has 3 nitrogen and oxygen atoms in total. The van der Waals surface area contributed by atoms with E-state index in [0.717, 1.165) is 38.8 Å². The van der Waals surface area contributed by atoms with E-state index >= 15 is 0 Å². The maximum atomic E-state index is 6.65. The van der Waals surface area contributed by atoms with Crippen molar-refractivity contribution in [1.82, 2.24) is 9.13 Å². The Kier molecular flexibility index (Phi) is 6.34. The number of aromatic nitrogens is 2. The average molecular weight is 701 g/mol. The van der Waals surface area contributed by atoms with Gasteiger partial charge in [-0.1, -0.05) is 115 Å². The highest BCUT2D eigenvalue weighted by molar-refractivity contribution is 6.13. The number of hydrogen-bond donors (Lipinski definition) is 0. The lowest BCUT2D eigenvalue weighted by atomic mass is 9.99. The van der Waals surface area contributed by atoms with Gasteiger partial charge in [0.2, 0.25) is 0 Å². The first-order valence-electron chi connectivity index (χ1n) is 18.8. The van der Waals surface area contributed by atoms with E-state index in [4.69, 9.17) is 4.42 Å². The van der Waals surface area contributed by atoms with Crippen molar-refractivity contribution in [3.63, 3.8) is 0 Å². The van der Waals surface area contributed by atoms with Crippen molar-refractivity contribution in [1.29, 1.82) is 0 Å². The highest BCUT2D eigenvalue weighted by Gasteiger charge is 2.17. The van der Waals surface area contributed by atoms with Gasteiger partial charge in [-0.05, 0) is 107 Å². The number of para-hydroxylation sites is 3. The standard InChI is InChI=1S/C52H32N2O/c1-2-13-38(14-3-1)53-47-18-8-6-16-40(47)44-29-34(23-27-49(44)53)36-21-25-42-43-26-22-37(32-52(43)55-51(42)31-36)35-24-28-50-45(30-35)41-17-7-9-19-48(41)54(50)46-20-10-12-33-11-4-5-15-39(33)46/h1-32H. The number of furan rings is 1. The summed E-state index contributed by atoms with van der Waals surface area (Å²) in [7, 11) is 0. The molecule has 0 saturated heterocycles. The smallest absolute Gasteiger partial charge is 0.136 e. The Morgan fingerprint density at radius 1 is 0.291 bits per heavy atom. The molecule has 0 aliphatic carbocycles. The fourth-order valence-corrected chi connectivity index (χ4v) is 8.96. The lowest BCUT2D eigenvalue weighted by molar-refractivity contribution is 0.669. The zero-order valence-corrected chi connectivity index (χ0v) is 29.8. The molecule has 9 aromatic carbocycles. The Morgan fingerprint density at radius 3 is 1.42 bits per heavy atom. The van der Waals surface area contributed by atoms with Crippen LogP contribution in [0.3, 0.4) is 0 Å². The van der Waals surface area contributed by atoms with E-state index in [1.54, 1.807) is 0 Å². The van der Waals surface area contributed by atoms with E-state index in [1.165, 1.54) is 71.2 Å². The fourth-order valence-electron chi connectivity index (χ4n) is 8.96. The van der Waals surface area contributed by atoms with Crippen molar-refractivity contribution in [2.75, 3.05) is 0 Å². The van der Waals surface area contributed by atoms with Crippen molar-refractivity contribution < 1.29 is 4.42 Å². The summed E-state index contributed by atoms with van der Waals surface area (Å²) in [4.78, 5) is 0. The third-order valence-electron chi connectivity index (χ3n) is 11.5. The highest BCUT2D eigenvalue weighted by atomic mass is 16.3. The molecule has 0 saturated carbocycles. The molecule has 55 heavy (non-hydrogen) atoms. The van der Waals surface area contributed by atoms with Gasteiger partial charge in [-0.25, -0.2) is 0 Å². The number of fused-ring (bicyclic) bond motifs is 10. The van der Waals surface area contributed by atoms with Crippen molar-refractivity contribution in [3.8, 4) is 33.6 Å². The van der Waals surface area contributed by atoms with Gasteiger partial charge in [-0.3, -0.25) is 0 Å². The highest BCUT2D eigenvalue weighted by Crippen LogP contribution is 2.40. The molecule has 12 aromatic rings. The molecular formula is C52H32N2O. The third-order valence-corrected chi connectivity index (χ3v) is 11.5. The van der Waals surface area contributed by atoms with Crippen molar-refractivity contribution in [2.24, 2.45) is 0 Å². The molecule has 256 valence electrons. The number of nitrogens with zero attached hydrogens (tertiary/aromatic N) is 2. The Labute approximate surface area is 316 Å². The summed E-state index contributed by atoms with van der Waals surface area (Å²) in [6.45, 7) is 0. The number of benzene rings is 9. The molecule has 0 aliphatic rings. The average Bonchev–Trinajstić information content (AvgIpc) is 3.90. The molecule has 3 heterocycles. The van der Waals surface area contributed by atoms with Crippen LogP contribution in [0.4, 0.5) is 0 Å². The quantitative estimate of drug-likeness (QED) is 0.179. The van der Waals surface area contributed by atoms with Crippen LogP contribution in [-0.4, -0.2) is 9.13 Å². The predicted octanol–water partition coefficient (Wildman–Crippen LogP) is 14.3. The van der Waals surface area contributed by atoms with E-state index in [-0.39, 0.29) is 0 Å². The van der Waals surface area contributed by atoms with E-state index in [9.17, 15) is 0 Å². The van der Waals surface area contributed by atoms with Gasteiger partial charge in [0.05, 0.1) is 27.8 Å². The van der Waals surface area contributed by atoms with Crippen LogP contribution in [0.5, 0.6) is 0 Å². The minimum Gasteiger partial charge on any atom is -0.456 e. The van der Waals surface area contributed by atoms with Crippen LogP contribution in [-0.2, 0) is 0 Å². The van der Waals surface area contributed by atoms with E-state index < -0.39 is 0 Å². The molecule has 0 N–H and O–H groups in total. The Morgan fingerprint density at radius 2 is 0.764 bits per heavy atom. The van der Waals surface area contributed by atoms with Gasteiger partial charge in [0.1, 0.15) is 11.2 Å². The summed E-state index contributed by atoms with van der Waals surface area (Å²) in [5.74, 6) is 0. The molecule has 0 radical (unpaired) electrons. The molecule has 0 spiro atoms. The van der Waals surface area contributed by atoms with Crippen molar-refractivity contribution >= 4 is 76.3 Å². The molecule has 0 unspecified atom stereocenters. The largest absolute Gasteiger partial charge is 0.456 e. The van der Waals surface area contributed by atoms with Gasteiger partial charge in [-0.2, -0.15) is 0 Å². The van der Waals surface area contributed by atoms with Gasteiger partial charge in [0, 0.05) is 43.4 Å². The molecule has 12 rings (SSSR count). The molecule has 0 atom stereocenters. The number of hydrogen-bond acceptors (Lipinski definition) is 1. The lowest BCUT2D eigenvalue weighted by Crippen LogP contribution is -1.95. The Balaban J connectivity index is 0.956. The second kappa shape index (κ2) is 11.6. The molecule has 3 aromatic heterocycles. The van der Waals surface area contributed by atoms with Crippen LogP contribution in [0, 0.1) is 0 Å². The normalized spacial score (nSPS) is 12.0. The van der Waals surface area contributed by atoms with Crippen LogP contribution in [0.15, 0.2) is 199 Å². The summed E-state index contributed by atoms with van der Waals surface area (Å²) in [5, 5.41) is 9.70. The van der Waals surface area contributed by atoms with Crippen LogP contribution in [0.25, 0.3) is 110 Å². The summed E-state index contributed by atoms with van der Waals surface area (Å²) in [6.07, 6.45) is 0. The lowest BCUT2D eigenvalue weighted by Gasteiger charge is -2.11. The van der Waals surface area contributed by atoms with Gasteiger partial charge in [0.15, 0.2) is 0 Å². The summed E-state index contributed by atoms with van der Waals surface area (Å²) >= 11 is 0. The fraction of sp³-hybridized carbons (Fsp3) is 0. The molecular weight excluding hydrogens is 669 g/mol. The summed E-state index contributed by atoms with van der Waals surface area (Å²) in [6, 6.07) is 70.2. The van der Waals surface area contributed by atoms with Crippen molar-refractivity contribution in [3.05, 3.63) is 194 Å². The predicted molar refractivity (Wildman–Crippen MR) is 231 cm³/mol. The second-order valence-corrected chi connectivity index (χ2v) is 14.5. The Hall–Kier alpha value is -7.36. The maximum absolute atomic E-state index is 6.65. The summed E-state index contributed by atoms with van der Waals surface area (Å²) in [5.41, 5.74) is 13.6. The van der Waals surface area contributed by atoms with Gasteiger partial charge in [0.25, 0.3) is 0 Å². The van der Waals surface area contributed by atoms with Crippen LogP contribution >= 0.6 is 0 Å². The van der Waals surface area contributed by atoms with Gasteiger partial charge < -0.3 is 13.6 Å². The molecule has 0 bridgehead atoms. The first-order valence-corrected chi connectivity index (χ1v) is 18.8. The Bertz CT molecular complexity index is 3480. The number of rotatable bonds is 4.